The SMILES string of the molecule is c1ccc(-c2cccc(-c3nc(-c4ccc5c(c4)C4(c6ccccc6-c6ccccc6-5)c5ccccc5-c5ccccc54)nc(-c4ccc5c(c4)oc4ccccc45)n3)c2)cc1. The Morgan fingerprint density at radius 3 is 1.39 bits per heavy atom. The van der Waals surface area contributed by atoms with Crippen molar-refractivity contribution in [3.05, 3.63) is 235 Å². The van der Waals surface area contributed by atoms with Crippen molar-refractivity contribution in [2.24, 2.45) is 0 Å². The lowest BCUT2D eigenvalue weighted by molar-refractivity contribution is 0.669. The highest BCUT2D eigenvalue weighted by Crippen LogP contribution is 2.61. The number of furan rings is 1. The minimum absolute atomic E-state index is 0.578. The molecular weight excluding hydrogens is 755 g/mol. The lowest BCUT2D eigenvalue weighted by Gasteiger charge is -2.35. The third-order valence-corrected chi connectivity index (χ3v) is 13.0. The van der Waals surface area contributed by atoms with Gasteiger partial charge in [-0.2, -0.15) is 0 Å². The van der Waals surface area contributed by atoms with Crippen LogP contribution in [0, 0.1) is 0 Å². The molecule has 0 amide bonds. The molecule has 62 heavy (non-hydrogen) atoms. The summed E-state index contributed by atoms with van der Waals surface area (Å²) in [6.07, 6.45) is 0. The van der Waals surface area contributed by atoms with Crippen LogP contribution in [0.1, 0.15) is 22.3 Å². The molecule has 0 atom stereocenters. The monoisotopic (exact) mass is 789 g/mol. The molecule has 2 aliphatic rings. The number of nitrogens with zero attached hydrogens (tertiary/aromatic N) is 3. The van der Waals surface area contributed by atoms with E-state index in [4.69, 9.17) is 19.4 Å². The standard InChI is InChI=1S/C58H35N3O/c1-2-15-36(16-3-1)37-17-14-18-38(33-37)55-59-56(61-57(60-55)40-30-32-48-47-24-9-13-28-53(47)62-54(48)35-40)39-29-31-46-42-20-5-4-19-41(42)43-21-6-10-25-49(43)58(52(46)34-39)50-26-11-7-22-44(50)45-23-8-12-27-51(45)58/h1-35H. The van der Waals surface area contributed by atoms with E-state index in [-0.39, 0.29) is 0 Å². The number of para-hydroxylation sites is 1. The van der Waals surface area contributed by atoms with Gasteiger partial charge < -0.3 is 4.42 Å². The minimum atomic E-state index is -0.622. The second-order valence-corrected chi connectivity index (χ2v) is 16.3. The van der Waals surface area contributed by atoms with E-state index in [0.29, 0.717) is 17.5 Å². The highest BCUT2D eigenvalue weighted by Gasteiger charge is 2.49. The van der Waals surface area contributed by atoms with Crippen LogP contribution in [-0.2, 0) is 5.41 Å². The van der Waals surface area contributed by atoms with E-state index in [0.717, 1.165) is 49.8 Å². The van der Waals surface area contributed by atoms with Crippen molar-refractivity contribution in [2.45, 2.75) is 5.41 Å². The van der Waals surface area contributed by atoms with Gasteiger partial charge in [0, 0.05) is 27.5 Å². The highest BCUT2D eigenvalue weighted by molar-refractivity contribution is 6.06. The van der Waals surface area contributed by atoms with Crippen LogP contribution < -0.4 is 0 Å². The second kappa shape index (κ2) is 13.4. The fourth-order valence-electron chi connectivity index (χ4n) is 10.3. The molecule has 4 nitrogen and oxygen atoms in total. The van der Waals surface area contributed by atoms with Crippen LogP contribution >= 0.6 is 0 Å². The highest BCUT2D eigenvalue weighted by atomic mass is 16.3. The Kier molecular flexibility index (Phi) is 7.49. The lowest BCUT2D eigenvalue weighted by atomic mass is 9.65. The molecule has 0 saturated heterocycles. The Bertz CT molecular complexity index is 3560. The first kappa shape index (κ1) is 34.6. The van der Waals surface area contributed by atoms with Crippen LogP contribution in [0.5, 0.6) is 0 Å². The normalized spacial score (nSPS) is 13.0. The Balaban J connectivity index is 1.09. The number of rotatable bonds is 4. The van der Waals surface area contributed by atoms with Crippen molar-refractivity contribution in [2.75, 3.05) is 0 Å². The van der Waals surface area contributed by atoms with E-state index in [2.05, 4.69) is 188 Å². The van der Waals surface area contributed by atoms with Crippen molar-refractivity contribution in [1.82, 2.24) is 15.0 Å². The topological polar surface area (TPSA) is 51.8 Å². The van der Waals surface area contributed by atoms with Gasteiger partial charge in [-0.15, -0.1) is 0 Å². The number of aromatic nitrogens is 3. The molecule has 1 spiro atoms. The summed E-state index contributed by atoms with van der Waals surface area (Å²) >= 11 is 0. The number of hydrogen-bond donors (Lipinski definition) is 0. The summed E-state index contributed by atoms with van der Waals surface area (Å²) in [4.78, 5) is 15.9. The summed E-state index contributed by atoms with van der Waals surface area (Å²) in [6.45, 7) is 0. The smallest absolute Gasteiger partial charge is 0.164 e. The van der Waals surface area contributed by atoms with E-state index >= 15 is 0 Å². The zero-order valence-electron chi connectivity index (χ0n) is 33.5. The maximum Gasteiger partial charge on any atom is 0.164 e. The second-order valence-electron chi connectivity index (χ2n) is 16.3. The third kappa shape index (κ3) is 5.04. The summed E-state index contributed by atoms with van der Waals surface area (Å²) in [7, 11) is 0. The molecule has 0 radical (unpaired) electrons. The van der Waals surface area contributed by atoms with Crippen LogP contribution in [0.4, 0.5) is 0 Å². The molecule has 0 aliphatic heterocycles. The van der Waals surface area contributed by atoms with Gasteiger partial charge in [-0.05, 0) is 97.1 Å². The van der Waals surface area contributed by atoms with Gasteiger partial charge in [-0.25, -0.2) is 15.0 Å². The van der Waals surface area contributed by atoms with Gasteiger partial charge in [-0.3, -0.25) is 0 Å². The minimum Gasteiger partial charge on any atom is -0.456 e. The van der Waals surface area contributed by atoms with E-state index in [1.165, 1.54) is 55.6 Å². The fourth-order valence-corrected chi connectivity index (χ4v) is 10.3. The molecular formula is C58H35N3O. The van der Waals surface area contributed by atoms with Gasteiger partial charge in [0.05, 0.1) is 5.41 Å². The summed E-state index contributed by atoms with van der Waals surface area (Å²) < 4.78 is 6.38. The van der Waals surface area contributed by atoms with E-state index < -0.39 is 5.41 Å². The van der Waals surface area contributed by atoms with Gasteiger partial charge in [0.15, 0.2) is 17.5 Å². The molecule has 11 aromatic rings. The number of benzene rings is 9. The average molecular weight is 790 g/mol. The zero-order valence-corrected chi connectivity index (χ0v) is 33.5. The molecule has 288 valence electrons. The van der Waals surface area contributed by atoms with Crippen molar-refractivity contribution in [3.8, 4) is 78.7 Å². The summed E-state index contributed by atoms with van der Waals surface area (Å²) in [5, 5.41) is 2.14. The van der Waals surface area contributed by atoms with Crippen molar-refractivity contribution >= 4 is 21.9 Å². The maximum atomic E-state index is 6.38. The Morgan fingerprint density at radius 2 is 0.726 bits per heavy atom. The lowest BCUT2D eigenvalue weighted by Crippen LogP contribution is -2.29. The molecule has 2 heterocycles. The van der Waals surface area contributed by atoms with Crippen molar-refractivity contribution in [3.63, 3.8) is 0 Å². The number of hydrogen-bond acceptors (Lipinski definition) is 4. The molecule has 13 rings (SSSR count). The molecule has 2 aliphatic carbocycles. The predicted octanol–water partition coefficient (Wildman–Crippen LogP) is 14.4. The Labute approximate surface area is 358 Å². The van der Waals surface area contributed by atoms with Crippen LogP contribution in [0.2, 0.25) is 0 Å². The Morgan fingerprint density at radius 1 is 0.274 bits per heavy atom. The van der Waals surface area contributed by atoms with Crippen LogP contribution in [0.3, 0.4) is 0 Å². The summed E-state index contributed by atoms with van der Waals surface area (Å²) in [5.74, 6) is 1.78. The average Bonchev–Trinajstić information content (AvgIpc) is 3.84. The van der Waals surface area contributed by atoms with Gasteiger partial charge in [0.2, 0.25) is 0 Å². The molecule has 0 unspecified atom stereocenters. The van der Waals surface area contributed by atoms with Crippen molar-refractivity contribution < 1.29 is 4.42 Å². The predicted molar refractivity (Wildman–Crippen MR) is 251 cm³/mol. The fraction of sp³-hybridized carbons (Fsp3) is 0.0172. The molecule has 0 saturated carbocycles. The molecule has 0 fully saturated rings. The van der Waals surface area contributed by atoms with Crippen LogP contribution in [-0.4, -0.2) is 15.0 Å². The van der Waals surface area contributed by atoms with Crippen LogP contribution in [0.25, 0.3) is 101 Å². The summed E-state index contributed by atoms with van der Waals surface area (Å²) in [5.41, 5.74) is 18.3. The third-order valence-electron chi connectivity index (χ3n) is 13.0. The van der Waals surface area contributed by atoms with Gasteiger partial charge >= 0.3 is 0 Å². The number of fused-ring (bicyclic) bond motifs is 15. The molecule has 2 aromatic heterocycles. The molecule has 4 heteroatoms. The van der Waals surface area contributed by atoms with Crippen molar-refractivity contribution in [1.29, 1.82) is 0 Å². The first-order valence-corrected chi connectivity index (χ1v) is 21.1. The maximum absolute atomic E-state index is 6.38. The van der Waals surface area contributed by atoms with Gasteiger partial charge in [0.1, 0.15) is 11.2 Å². The molecule has 0 N–H and O–H groups in total. The Hall–Kier alpha value is -8.21. The van der Waals surface area contributed by atoms with E-state index in [1.54, 1.807) is 0 Å². The van der Waals surface area contributed by atoms with Gasteiger partial charge in [-0.1, -0.05) is 182 Å². The summed E-state index contributed by atoms with van der Waals surface area (Å²) in [6, 6.07) is 75.9. The van der Waals surface area contributed by atoms with E-state index in [1.807, 2.05) is 24.3 Å². The van der Waals surface area contributed by atoms with Crippen LogP contribution in [0.15, 0.2) is 217 Å². The van der Waals surface area contributed by atoms with Gasteiger partial charge in [0.25, 0.3) is 0 Å². The van der Waals surface area contributed by atoms with E-state index in [9.17, 15) is 0 Å². The zero-order chi connectivity index (χ0) is 40.8. The largest absolute Gasteiger partial charge is 0.456 e. The first-order chi connectivity index (χ1) is 30.7. The quantitative estimate of drug-likeness (QED) is 0.178. The first-order valence-electron chi connectivity index (χ1n) is 21.1. The molecule has 9 aromatic carbocycles. The molecule has 0 bridgehead atoms.